The van der Waals surface area contributed by atoms with E-state index >= 15 is 0 Å². The fraction of sp³-hybridized carbons (Fsp3) is 0.529. The molecule has 1 aliphatic heterocycles. The van der Waals surface area contributed by atoms with E-state index in [0.29, 0.717) is 38.0 Å². The molecule has 2 aliphatic rings. The number of carbonyl (C=O) groups excluding carboxylic acids is 1. The first-order valence-electron chi connectivity index (χ1n) is 14.9. The van der Waals surface area contributed by atoms with Gasteiger partial charge in [0.15, 0.2) is 0 Å². The number of nitrogens with one attached hydrogen (secondary N) is 1. The van der Waals surface area contributed by atoms with Gasteiger partial charge in [-0.3, -0.25) is 4.79 Å². The minimum Gasteiger partial charge on any atom is -0.338 e. The lowest BCUT2D eigenvalue weighted by molar-refractivity contribution is 0.0655. The SMILES string of the molecule is C=NCCC1(c2cccc(F)c2)CCN(C(=O)c2c(C)cccc2F)CC1.CC.CC1CCC=CCC1.CNOC. The first-order chi connectivity index (χ1) is 19.8. The van der Waals surface area contributed by atoms with Gasteiger partial charge in [0.25, 0.3) is 5.91 Å². The number of aryl methyl sites for hydroxylation is 1. The number of hydroxylamine groups is 1. The molecule has 0 aromatic heterocycles. The largest absolute Gasteiger partial charge is 0.338 e. The smallest absolute Gasteiger partial charge is 0.257 e. The third-order valence-electron chi connectivity index (χ3n) is 7.65. The highest BCUT2D eigenvalue weighted by atomic mass is 19.1. The summed E-state index contributed by atoms with van der Waals surface area (Å²) in [5.74, 6) is -0.0676. The summed E-state index contributed by atoms with van der Waals surface area (Å²) in [6, 6.07) is 11.3. The van der Waals surface area contributed by atoms with E-state index in [1.807, 2.05) is 19.9 Å². The molecule has 5 nitrogen and oxygen atoms in total. The van der Waals surface area contributed by atoms with Crippen molar-refractivity contribution in [2.75, 3.05) is 33.8 Å². The Morgan fingerprint density at radius 2 is 1.68 bits per heavy atom. The van der Waals surface area contributed by atoms with Gasteiger partial charge < -0.3 is 14.7 Å². The van der Waals surface area contributed by atoms with Gasteiger partial charge in [-0.05, 0) is 93.8 Å². The molecular weight excluding hydrogens is 520 g/mol. The van der Waals surface area contributed by atoms with Gasteiger partial charge >= 0.3 is 0 Å². The van der Waals surface area contributed by atoms with Crippen molar-refractivity contribution in [2.24, 2.45) is 10.9 Å². The molecule has 228 valence electrons. The van der Waals surface area contributed by atoms with Gasteiger partial charge in [-0.1, -0.05) is 57.2 Å². The number of halogens is 2. The second-order valence-electron chi connectivity index (χ2n) is 10.4. The normalized spacial score (nSPS) is 16.0. The van der Waals surface area contributed by atoms with Crippen LogP contribution in [-0.2, 0) is 10.3 Å². The van der Waals surface area contributed by atoms with Crippen molar-refractivity contribution in [1.82, 2.24) is 10.4 Å². The van der Waals surface area contributed by atoms with E-state index in [1.165, 1.54) is 37.8 Å². The van der Waals surface area contributed by atoms with Crippen molar-refractivity contribution in [3.05, 3.63) is 82.9 Å². The van der Waals surface area contributed by atoms with E-state index in [1.54, 1.807) is 50.2 Å². The number of benzene rings is 2. The molecule has 7 heteroatoms. The standard InChI is InChI=1S/C22H24F2N2O.C8H14.C2H7NO.C2H6/c1-16-5-3-8-19(24)20(16)21(27)26-13-10-22(11-14-26,9-12-25-2)17-6-4-7-18(23)15-17;1-8-6-4-2-3-5-7-8;1-3-4-2;1-2/h3-8,15H,2,9-14H2,1H3;2-3,8H,4-7H2,1H3;3H,1-2H3;1-2H3. The molecule has 0 unspecified atom stereocenters. The summed E-state index contributed by atoms with van der Waals surface area (Å²) in [5.41, 5.74) is 3.89. The van der Waals surface area contributed by atoms with Crippen molar-refractivity contribution in [3.8, 4) is 0 Å². The Morgan fingerprint density at radius 3 is 2.20 bits per heavy atom. The van der Waals surface area contributed by atoms with Crippen LogP contribution < -0.4 is 5.48 Å². The van der Waals surface area contributed by atoms with Gasteiger partial charge in [0.05, 0.1) is 12.7 Å². The Bertz CT molecular complexity index is 1030. The Balaban J connectivity index is 0.000000496. The van der Waals surface area contributed by atoms with Crippen LogP contribution in [0.4, 0.5) is 8.78 Å². The number of likely N-dealkylation sites (tertiary alicyclic amines) is 1. The van der Waals surface area contributed by atoms with E-state index in [2.05, 4.69) is 41.1 Å². The number of piperidine rings is 1. The maximum Gasteiger partial charge on any atom is 0.257 e. The van der Waals surface area contributed by atoms with E-state index in [4.69, 9.17) is 0 Å². The van der Waals surface area contributed by atoms with Crippen LogP contribution in [0.25, 0.3) is 0 Å². The third-order valence-corrected chi connectivity index (χ3v) is 7.65. The summed E-state index contributed by atoms with van der Waals surface area (Å²) in [7, 11) is 3.28. The van der Waals surface area contributed by atoms with Crippen molar-refractivity contribution >= 4 is 12.6 Å². The number of nitrogens with zero attached hydrogens (tertiary/aromatic N) is 2. The van der Waals surface area contributed by atoms with Crippen molar-refractivity contribution < 1.29 is 18.4 Å². The summed E-state index contributed by atoms with van der Waals surface area (Å²) in [6.07, 6.45) is 12.2. The predicted molar refractivity (Wildman–Crippen MR) is 168 cm³/mol. The van der Waals surface area contributed by atoms with Crippen LogP contribution in [0.1, 0.15) is 87.2 Å². The monoisotopic (exact) mass is 571 g/mol. The average Bonchev–Trinajstić information content (AvgIpc) is 3.25. The number of amides is 1. The molecule has 2 aromatic rings. The second kappa shape index (κ2) is 20.1. The fourth-order valence-electron chi connectivity index (χ4n) is 5.13. The van der Waals surface area contributed by atoms with Crippen LogP contribution in [-0.4, -0.2) is 51.3 Å². The van der Waals surface area contributed by atoms with Gasteiger partial charge in [0, 0.05) is 32.1 Å². The van der Waals surface area contributed by atoms with Crippen LogP contribution >= 0.6 is 0 Å². The third kappa shape index (κ3) is 11.9. The summed E-state index contributed by atoms with van der Waals surface area (Å²) >= 11 is 0. The number of carbonyl (C=O) groups is 1. The molecule has 1 heterocycles. The topological polar surface area (TPSA) is 53.9 Å². The maximum absolute atomic E-state index is 14.2. The number of rotatable bonds is 6. The maximum atomic E-state index is 14.2. The molecule has 0 saturated carbocycles. The van der Waals surface area contributed by atoms with Gasteiger partial charge in [-0.2, -0.15) is 0 Å². The van der Waals surface area contributed by atoms with Crippen LogP contribution in [0.2, 0.25) is 0 Å². The minimum atomic E-state index is -0.488. The number of aliphatic imine (C=N–C) groups is 1. The van der Waals surface area contributed by atoms with E-state index < -0.39 is 5.82 Å². The Morgan fingerprint density at radius 1 is 1.10 bits per heavy atom. The lowest BCUT2D eigenvalue weighted by Crippen LogP contribution is -2.46. The molecule has 0 bridgehead atoms. The molecule has 0 radical (unpaired) electrons. The first kappa shape index (κ1) is 36.1. The molecule has 1 N–H and O–H groups in total. The zero-order valence-electron chi connectivity index (χ0n) is 26.0. The fourth-order valence-corrected chi connectivity index (χ4v) is 5.13. The molecular formula is C34H51F2N3O2. The highest BCUT2D eigenvalue weighted by Crippen LogP contribution is 2.39. The predicted octanol–water partition coefficient (Wildman–Crippen LogP) is 8.08. The molecule has 1 amide bonds. The van der Waals surface area contributed by atoms with Crippen molar-refractivity contribution in [3.63, 3.8) is 0 Å². The van der Waals surface area contributed by atoms with E-state index in [9.17, 15) is 13.6 Å². The quantitative estimate of drug-likeness (QED) is 0.217. The molecule has 1 saturated heterocycles. The molecule has 41 heavy (non-hydrogen) atoms. The average molecular weight is 572 g/mol. The zero-order chi connectivity index (χ0) is 30.7. The lowest BCUT2D eigenvalue weighted by Gasteiger charge is -2.42. The molecule has 0 spiro atoms. The number of hydrogen-bond donors (Lipinski definition) is 1. The Kier molecular flexibility index (Phi) is 17.7. The van der Waals surface area contributed by atoms with E-state index in [0.717, 1.165) is 17.9 Å². The highest BCUT2D eigenvalue weighted by molar-refractivity contribution is 5.96. The van der Waals surface area contributed by atoms with Gasteiger partial charge in [-0.25, -0.2) is 14.3 Å². The van der Waals surface area contributed by atoms with Crippen molar-refractivity contribution in [1.29, 1.82) is 0 Å². The molecule has 2 aromatic carbocycles. The minimum absolute atomic E-state index is 0.142. The summed E-state index contributed by atoms with van der Waals surface area (Å²) in [6.45, 7) is 13.2. The Hall–Kier alpha value is -2.90. The summed E-state index contributed by atoms with van der Waals surface area (Å²) < 4.78 is 28.0. The van der Waals surface area contributed by atoms with Gasteiger partial charge in [-0.15, -0.1) is 0 Å². The summed E-state index contributed by atoms with van der Waals surface area (Å²) in [4.78, 5) is 22.8. The molecule has 1 aliphatic carbocycles. The number of allylic oxidation sites excluding steroid dienone is 2. The summed E-state index contributed by atoms with van der Waals surface area (Å²) in [5, 5.41) is 0. The molecule has 1 fully saturated rings. The van der Waals surface area contributed by atoms with Crippen LogP contribution in [0.15, 0.2) is 59.6 Å². The van der Waals surface area contributed by atoms with Crippen LogP contribution in [0.5, 0.6) is 0 Å². The molecule has 4 rings (SSSR count). The van der Waals surface area contributed by atoms with E-state index in [-0.39, 0.29) is 22.7 Å². The second-order valence-corrected chi connectivity index (χ2v) is 10.4. The first-order valence-corrected chi connectivity index (χ1v) is 14.9. The zero-order valence-corrected chi connectivity index (χ0v) is 26.0. The molecule has 0 atom stereocenters. The van der Waals surface area contributed by atoms with Gasteiger partial charge in [0.2, 0.25) is 0 Å². The lowest BCUT2D eigenvalue weighted by atomic mass is 9.70. The van der Waals surface area contributed by atoms with Crippen molar-refractivity contribution in [2.45, 2.75) is 78.1 Å². The number of hydrogen-bond acceptors (Lipinski definition) is 4. The Labute approximate surface area is 247 Å². The highest BCUT2D eigenvalue weighted by Gasteiger charge is 2.38. The van der Waals surface area contributed by atoms with Crippen LogP contribution in [0, 0.1) is 24.5 Å². The van der Waals surface area contributed by atoms with Crippen LogP contribution in [0.3, 0.4) is 0 Å². The van der Waals surface area contributed by atoms with Gasteiger partial charge in [0.1, 0.15) is 11.6 Å².